The highest BCUT2D eigenvalue weighted by molar-refractivity contribution is 6.24. The van der Waals surface area contributed by atoms with Crippen LogP contribution in [0, 0.1) is 11.8 Å². The predicted octanol–water partition coefficient (Wildman–Crippen LogP) is 0.949. The van der Waals surface area contributed by atoms with Crippen LogP contribution in [0.4, 0.5) is 0 Å². The number of morpholine rings is 1. The summed E-state index contributed by atoms with van der Waals surface area (Å²) < 4.78 is 5.42. The quantitative estimate of drug-likeness (QED) is 0.337. The second-order valence-corrected chi connectivity index (χ2v) is 11.7. The summed E-state index contributed by atoms with van der Waals surface area (Å²) in [4.78, 5) is 43.1. The first-order chi connectivity index (χ1) is 19.4. The normalized spacial score (nSPS) is 28.6. The van der Waals surface area contributed by atoms with Crippen molar-refractivity contribution in [3.63, 3.8) is 0 Å². The lowest BCUT2D eigenvalue weighted by atomic mass is 9.57. The Morgan fingerprint density at radius 3 is 2.51 bits per heavy atom. The molecule has 2 fully saturated rings. The van der Waals surface area contributed by atoms with Crippen LogP contribution < -0.4 is 5.73 Å². The Hall–Kier alpha value is -3.77. The van der Waals surface area contributed by atoms with Gasteiger partial charge in [-0.2, -0.15) is 0 Å². The van der Waals surface area contributed by atoms with Crippen LogP contribution in [0.2, 0.25) is 0 Å². The highest BCUT2D eigenvalue weighted by Crippen LogP contribution is 2.53. The van der Waals surface area contributed by atoms with Gasteiger partial charge in [0.15, 0.2) is 11.4 Å². The van der Waals surface area contributed by atoms with E-state index in [9.17, 15) is 34.8 Å². The number of Topliss-reactive ketones (excluding diaryl/α,β-unsaturated/α-hetero) is 2. The summed E-state index contributed by atoms with van der Waals surface area (Å²) in [6.45, 7) is 3.58. The van der Waals surface area contributed by atoms with Gasteiger partial charge in [-0.15, -0.1) is 0 Å². The largest absolute Gasteiger partial charge is 0.508 e. The van der Waals surface area contributed by atoms with Crippen molar-refractivity contribution in [1.29, 1.82) is 0 Å². The van der Waals surface area contributed by atoms with E-state index >= 15 is 0 Å². The smallest absolute Gasteiger partial charge is 0.255 e. The average molecular weight is 564 g/mol. The number of rotatable bonds is 4. The Morgan fingerprint density at radius 2 is 1.85 bits per heavy atom. The molecule has 1 aliphatic heterocycles. The molecule has 6 N–H and O–H groups in total. The number of aliphatic hydroxyl groups is 3. The molecule has 2 aromatic carbocycles. The van der Waals surface area contributed by atoms with E-state index < -0.39 is 58.0 Å². The van der Waals surface area contributed by atoms with Crippen molar-refractivity contribution in [2.75, 3.05) is 40.4 Å². The molecule has 216 valence electrons. The van der Waals surface area contributed by atoms with E-state index in [0.717, 1.165) is 24.0 Å². The molecule has 0 aromatic heterocycles. The van der Waals surface area contributed by atoms with Crippen molar-refractivity contribution < 1.29 is 39.5 Å². The van der Waals surface area contributed by atoms with Crippen LogP contribution >= 0.6 is 0 Å². The second kappa shape index (κ2) is 9.66. The van der Waals surface area contributed by atoms with Gasteiger partial charge in [-0.1, -0.05) is 18.2 Å². The maximum Gasteiger partial charge on any atom is 0.255 e. The zero-order valence-electron chi connectivity index (χ0n) is 22.9. The van der Waals surface area contributed by atoms with Crippen molar-refractivity contribution in [2.45, 2.75) is 31.0 Å². The molecule has 4 atom stereocenters. The van der Waals surface area contributed by atoms with E-state index in [-0.39, 0.29) is 29.7 Å². The molecular weight excluding hydrogens is 530 g/mol. The lowest BCUT2D eigenvalue weighted by Crippen LogP contribution is -2.65. The monoisotopic (exact) mass is 563 g/mol. The van der Waals surface area contributed by atoms with Crippen LogP contribution in [0.15, 0.2) is 41.2 Å². The standard InChI is InChI=1S/C30H33N3O8/c1-32(2)23-19-12-17-11-16-10-15-4-3-14(13-33-5-7-41-8-6-33)9-18(15)24(34)20(16)25(35)21(17)27(37)30(19,40)28(38)22(26(23)36)29(31)39/h3-4,9-10,17,19,23,34-35,38,40H,5-8,11-13H2,1-2H3,(H2,31,39)/t17-,19-,23-,30-/m0/s1. The molecule has 0 unspecified atom stereocenters. The number of nitrogens with zero attached hydrogens (tertiary/aromatic N) is 2. The molecular formula is C30H33N3O8. The number of carbonyl (C=O) groups excluding carboxylic acids is 3. The molecule has 6 rings (SSSR count). The molecule has 11 nitrogen and oxygen atoms in total. The number of ether oxygens (including phenoxy) is 1. The third-order valence-electron chi connectivity index (χ3n) is 9.10. The minimum absolute atomic E-state index is 0.0586. The van der Waals surface area contributed by atoms with Gasteiger partial charge in [0, 0.05) is 36.5 Å². The molecule has 41 heavy (non-hydrogen) atoms. The summed E-state index contributed by atoms with van der Waals surface area (Å²) in [6, 6.07) is 6.54. The van der Waals surface area contributed by atoms with E-state index in [1.807, 2.05) is 24.3 Å². The summed E-state index contributed by atoms with van der Waals surface area (Å²) in [7, 11) is 3.15. The minimum Gasteiger partial charge on any atom is -0.508 e. The lowest BCUT2D eigenvalue weighted by molar-refractivity contribution is -0.153. The molecule has 0 radical (unpaired) electrons. The highest BCUT2D eigenvalue weighted by Gasteiger charge is 2.64. The second-order valence-electron chi connectivity index (χ2n) is 11.7. The van der Waals surface area contributed by atoms with Crippen molar-refractivity contribution in [3.8, 4) is 5.75 Å². The van der Waals surface area contributed by atoms with Gasteiger partial charge in [-0.05, 0) is 55.4 Å². The maximum atomic E-state index is 14.0. The zero-order valence-corrected chi connectivity index (χ0v) is 22.9. The molecule has 1 heterocycles. The number of amides is 1. The van der Waals surface area contributed by atoms with Crippen LogP contribution in [0.25, 0.3) is 16.5 Å². The van der Waals surface area contributed by atoms with Gasteiger partial charge >= 0.3 is 0 Å². The number of primary amides is 1. The topological polar surface area (TPSA) is 174 Å². The number of nitrogens with two attached hydrogens (primary N) is 1. The number of fused-ring (bicyclic) bond motifs is 4. The van der Waals surface area contributed by atoms with Crippen molar-refractivity contribution in [3.05, 3.63) is 57.9 Å². The van der Waals surface area contributed by atoms with Crippen molar-refractivity contribution in [2.24, 2.45) is 17.6 Å². The predicted molar refractivity (Wildman–Crippen MR) is 148 cm³/mol. The number of likely N-dealkylation sites (N-methyl/N-ethyl adjacent to an activating group) is 1. The van der Waals surface area contributed by atoms with E-state index in [2.05, 4.69) is 4.90 Å². The summed E-state index contributed by atoms with van der Waals surface area (Å²) in [5.74, 6) is -6.51. The fourth-order valence-electron chi connectivity index (χ4n) is 7.17. The maximum absolute atomic E-state index is 14.0. The van der Waals surface area contributed by atoms with Crippen LogP contribution in [-0.2, 0) is 32.1 Å². The molecule has 3 aliphatic carbocycles. The number of benzene rings is 2. The summed E-state index contributed by atoms with van der Waals surface area (Å²) >= 11 is 0. The Kier molecular flexibility index (Phi) is 6.46. The number of hydrogen-bond donors (Lipinski definition) is 5. The number of ketones is 2. The molecule has 4 aliphatic rings. The Balaban J connectivity index is 1.47. The Morgan fingerprint density at radius 1 is 1.15 bits per heavy atom. The fourth-order valence-corrected chi connectivity index (χ4v) is 7.17. The summed E-state index contributed by atoms with van der Waals surface area (Å²) in [5, 5.41) is 46.9. The number of phenolic OH excluding ortho intramolecular Hbond substituents is 1. The van der Waals surface area contributed by atoms with Gasteiger partial charge in [-0.25, -0.2) is 0 Å². The highest BCUT2D eigenvalue weighted by atomic mass is 16.5. The van der Waals surface area contributed by atoms with Gasteiger partial charge in [-0.3, -0.25) is 24.2 Å². The summed E-state index contributed by atoms with van der Waals surface area (Å²) in [6.07, 6.45) is 0.316. The third-order valence-corrected chi connectivity index (χ3v) is 9.10. The van der Waals surface area contributed by atoms with E-state index in [0.29, 0.717) is 30.7 Å². The lowest BCUT2D eigenvalue weighted by Gasteiger charge is -2.50. The van der Waals surface area contributed by atoms with E-state index in [1.54, 1.807) is 14.1 Å². The van der Waals surface area contributed by atoms with Gasteiger partial charge in [0.25, 0.3) is 5.91 Å². The third kappa shape index (κ3) is 3.98. The van der Waals surface area contributed by atoms with Crippen LogP contribution in [0.5, 0.6) is 5.75 Å². The number of hydrogen-bond acceptors (Lipinski definition) is 10. The fraction of sp³-hybridized carbons (Fsp3) is 0.433. The Bertz CT molecular complexity index is 1570. The first kappa shape index (κ1) is 27.4. The molecule has 1 amide bonds. The van der Waals surface area contributed by atoms with E-state index in [1.165, 1.54) is 4.90 Å². The zero-order chi connectivity index (χ0) is 29.4. The minimum atomic E-state index is -2.65. The van der Waals surface area contributed by atoms with Crippen LogP contribution in [-0.4, -0.2) is 99.7 Å². The molecule has 11 heteroatoms. The van der Waals surface area contributed by atoms with Gasteiger partial charge < -0.3 is 30.9 Å². The number of phenols is 1. The van der Waals surface area contributed by atoms with Gasteiger partial charge in [0.2, 0.25) is 5.78 Å². The van der Waals surface area contributed by atoms with Crippen LogP contribution in [0.3, 0.4) is 0 Å². The molecule has 1 saturated heterocycles. The number of carbonyl (C=O) groups is 3. The molecule has 0 bridgehead atoms. The number of aromatic hydroxyl groups is 1. The van der Waals surface area contributed by atoms with E-state index in [4.69, 9.17) is 10.5 Å². The first-order valence-corrected chi connectivity index (χ1v) is 13.7. The van der Waals surface area contributed by atoms with Crippen LogP contribution in [0.1, 0.15) is 23.1 Å². The SMILES string of the molecule is CN(C)[C@@H]1C(=O)C(C(N)=O)=C(O)[C@@]2(O)C(=O)C3=C(O)c4c(cc5ccc(CN6CCOCC6)cc5c4O)C[C@H]3C[C@@H]12. The number of aliphatic hydroxyl groups excluding tert-OH is 2. The van der Waals surface area contributed by atoms with Gasteiger partial charge in [0.1, 0.15) is 22.8 Å². The van der Waals surface area contributed by atoms with Crippen molar-refractivity contribution in [1.82, 2.24) is 9.80 Å². The van der Waals surface area contributed by atoms with Crippen molar-refractivity contribution >= 4 is 34.0 Å². The average Bonchev–Trinajstić information content (AvgIpc) is 2.91. The molecule has 0 spiro atoms. The van der Waals surface area contributed by atoms with Gasteiger partial charge in [0.05, 0.1) is 24.8 Å². The first-order valence-electron chi connectivity index (χ1n) is 13.7. The summed E-state index contributed by atoms with van der Waals surface area (Å²) in [5.41, 5.74) is 3.44. The molecule has 2 aromatic rings. The molecule has 1 saturated carbocycles. The Labute approximate surface area is 236 Å².